The number of amides is 1. The third-order valence-corrected chi connectivity index (χ3v) is 3.86. The van der Waals surface area contributed by atoms with Crippen molar-refractivity contribution in [3.8, 4) is 0 Å². The molecule has 0 aliphatic heterocycles. The molecule has 108 valence electrons. The van der Waals surface area contributed by atoms with Crippen LogP contribution in [0.1, 0.15) is 41.6 Å². The lowest BCUT2D eigenvalue weighted by Gasteiger charge is -2.26. The van der Waals surface area contributed by atoms with Crippen molar-refractivity contribution in [2.45, 2.75) is 38.3 Å². The van der Waals surface area contributed by atoms with Crippen molar-refractivity contribution in [3.63, 3.8) is 0 Å². The molecule has 1 aliphatic carbocycles. The normalized spacial score (nSPS) is 22.2. The number of aliphatic carboxylic acids is 1. The van der Waals surface area contributed by atoms with Gasteiger partial charge < -0.3 is 16.2 Å². The molecule has 0 radical (unpaired) electrons. The van der Waals surface area contributed by atoms with Crippen LogP contribution in [0.4, 0.5) is 0 Å². The molecule has 0 saturated heterocycles. The van der Waals surface area contributed by atoms with Crippen LogP contribution in [0.5, 0.6) is 0 Å². The van der Waals surface area contributed by atoms with E-state index in [2.05, 4.69) is 5.32 Å². The van der Waals surface area contributed by atoms with Crippen molar-refractivity contribution >= 4 is 11.9 Å². The first-order chi connectivity index (χ1) is 9.60. The van der Waals surface area contributed by atoms with Crippen molar-refractivity contribution in [1.82, 2.24) is 5.32 Å². The largest absolute Gasteiger partial charge is 0.481 e. The van der Waals surface area contributed by atoms with E-state index in [-0.39, 0.29) is 17.9 Å². The summed E-state index contributed by atoms with van der Waals surface area (Å²) in [6, 6.07) is 7.29. The number of carboxylic acids is 1. The molecule has 5 heteroatoms. The van der Waals surface area contributed by atoms with Gasteiger partial charge in [0.25, 0.3) is 5.91 Å². The Bertz CT molecular complexity index is 476. The minimum atomic E-state index is -0.729. The van der Waals surface area contributed by atoms with Crippen LogP contribution in [-0.4, -0.2) is 23.0 Å². The van der Waals surface area contributed by atoms with Crippen molar-refractivity contribution in [2.24, 2.45) is 11.7 Å². The Kier molecular flexibility index (Phi) is 4.74. The van der Waals surface area contributed by atoms with E-state index in [0.717, 1.165) is 18.4 Å². The summed E-state index contributed by atoms with van der Waals surface area (Å²) in [5.74, 6) is -1.09. The van der Waals surface area contributed by atoms with Gasteiger partial charge in [0.2, 0.25) is 0 Å². The number of carbonyl (C=O) groups excluding carboxylic acids is 1. The predicted octanol–water partition coefficient (Wildman–Crippen LogP) is 1.52. The van der Waals surface area contributed by atoms with Gasteiger partial charge in [-0.15, -0.1) is 0 Å². The van der Waals surface area contributed by atoms with Crippen LogP contribution in [0.25, 0.3) is 0 Å². The molecule has 0 aromatic heterocycles. The molecule has 20 heavy (non-hydrogen) atoms. The van der Waals surface area contributed by atoms with Crippen molar-refractivity contribution in [3.05, 3.63) is 35.4 Å². The van der Waals surface area contributed by atoms with E-state index >= 15 is 0 Å². The number of hydrogen-bond acceptors (Lipinski definition) is 3. The van der Waals surface area contributed by atoms with E-state index in [9.17, 15) is 9.59 Å². The molecule has 1 aliphatic rings. The monoisotopic (exact) mass is 276 g/mol. The molecule has 1 aromatic rings. The first kappa shape index (κ1) is 14.5. The summed E-state index contributed by atoms with van der Waals surface area (Å²) >= 11 is 0. The molecule has 4 N–H and O–H groups in total. The van der Waals surface area contributed by atoms with Gasteiger partial charge in [0.05, 0.1) is 5.92 Å². The van der Waals surface area contributed by atoms with Crippen LogP contribution in [0.3, 0.4) is 0 Å². The van der Waals surface area contributed by atoms with E-state index in [1.54, 1.807) is 12.1 Å². The van der Waals surface area contributed by atoms with Gasteiger partial charge >= 0.3 is 5.97 Å². The fraction of sp³-hybridized carbons (Fsp3) is 0.467. The predicted molar refractivity (Wildman–Crippen MR) is 75.2 cm³/mol. The highest BCUT2D eigenvalue weighted by Gasteiger charge is 2.26. The summed E-state index contributed by atoms with van der Waals surface area (Å²) in [4.78, 5) is 22.9. The fourth-order valence-corrected chi connectivity index (χ4v) is 2.55. The van der Waals surface area contributed by atoms with E-state index in [1.165, 1.54) is 0 Å². The van der Waals surface area contributed by atoms with Gasteiger partial charge in [0.15, 0.2) is 0 Å². The maximum atomic E-state index is 12.1. The molecule has 0 spiro atoms. The van der Waals surface area contributed by atoms with Gasteiger partial charge in [-0.3, -0.25) is 9.59 Å². The number of carboxylic acid groups (broad SMARTS) is 1. The third-order valence-electron chi connectivity index (χ3n) is 3.86. The van der Waals surface area contributed by atoms with Gasteiger partial charge in [0.1, 0.15) is 0 Å². The van der Waals surface area contributed by atoms with E-state index in [4.69, 9.17) is 10.8 Å². The summed E-state index contributed by atoms with van der Waals surface area (Å²) in [6.45, 7) is 0.459. The highest BCUT2D eigenvalue weighted by atomic mass is 16.4. The van der Waals surface area contributed by atoms with Gasteiger partial charge in [0, 0.05) is 18.2 Å². The minimum absolute atomic E-state index is 0.0762. The summed E-state index contributed by atoms with van der Waals surface area (Å²) in [6.07, 6.45) is 2.71. The number of carbonyl (C=O) groups is 2. The summed E-state index contributed by atoms with van der Waals surface area (Å²) < 4.78 is 0. The zero-order valence-corrected chi connectivity index (χ0v) is 11.3. The molecule has 1 amide bonds. The zero-order chi connectivity index (χ0) is 14.5. The molecule has 5 nitrogen and oxygen atoms in total. The second-order valence-corrected chi connectivity index (χ2v) is 5.26. The van der Waals surface area contributed by atoms with E-state index in [0.29, 0.717) is 24.9 Å². The maximum absolute atomic E-state index is 12.1. The average Bonchev–Trinajstić information content (AvgIpc) is 2.48. The molecule has 2 rings (SSSR count). The molecule has 0 unspecified atom stereocenters. The second-order valence-electron chi connectivity index (χ2n) is 5.26. The Morgan fingerprint density at radius 2 is 1.75 bits per heavy atom. The summed E-state index contributed by atoms with van der Waals surface area (Å²) in [5.41, 5.74) is 7.12. The van der Waals surface area contributed by atoms with Crippen molar-refractivity contribution in [2.75, 3.05) is 0 Å². The van der Waals surface area contributed by atoms with Crippen molar-refractivity contribution < 1.29 is 14.7 Å². The summed E-state index contributed by atoms with van der Waals surface area (Å²) in [5, 5.41) is 11.9. The quantitative estimate of drug-likeness (QED) is 0.777. The maximum Gasteiger partial charge on any atom is 0.306 e. The SMILES string of the molecule is NCc1ccc(C(=O)NC2CCC(C(=O)O)CC2)cc1. The van der Waals surface area contributed by atoms with Crippen molar-refractivity contribution in [1.29, 1.82) is 0 Å². The highest BCUT2D eigenvalue weighted by Crippen LogP contribution is 2.24. The highest BCUT2D eigenvalue weighted by molar-refractivity contribution is 5.94. The van der Waals surface area contributed by atoms with E-state index in [1.807, 2.05) is 12.1 Å². The second kappa shape index (κ2) is 6.52. The van der Waals surface area contributed by atoms with Crippen LogP contribution in [-0.2, 0) is 11.3 Å². The molecule has 1 saturated carbocycles. The number of hydrogen-bond donors (Lipinski definition) is 3. The lowest BCUT2D eigenvalue weighted by molar-refractivity contribution is -0.142. The van der Waals surface area contributed by atoms with Crippen LogP contribution < -0.4 is 11.1 Å². The lowest BCUT2D eigenvalue weighted by Crippen LogP contribution is -2.38. The van der Waals surface area contributed by atoms with Crippen LogP contribution >= 0.6 is 0 Å². The van der Waals surface area contributed by atoms with Gasteiger partial charge in [-0.2, -0.15) is 0 Å². The topological polar surface area (TPSA) is 92.4 Å². The molecule has 0 atom stereocenters. The third kappa shape index (κ3) is 3.57. The Labute approximate surface area is 118 Å². The zero-order valence-electron chi connectivity index (χ0n) is 11.3. The molecular weight excluding hydrogens is 256 g/mol. The molecule has 0 bridgehead atoms. The first-order valence-electron chi connectivity index (χ1n) is 6.93. The Balaban J connectivity index is 1.87. The van der Waals surface area contributed by atoms with Crippen LogP contribution in [0.2, 0.25) is 0 Å². The smallest absolute Gasteiger partial charge is 0.306 e. The van der Waals surface area contributed by atoms with Gasteiger partial charge in [-0.1, -0.05) is 12.1 Å². The van der Waals surface area contributed by atoms with Gasteiger partial charge in [-0.25, -0.2) is 0 Å². The Hall–Kier alpha value is -1.88. The molecule has 1 aromatic carbocycles. The van der Waals surface area contributed by atoms with Crippen LogP contribution in [0.15, 0.2) is 24.3 Å². The number of nitrogens with two attached hydrogens (primary N) is 1. The minimum Gasteiger partial charge on any atom is -0.481 e. The Morgan fingerprint density at radius 1 is 1.15 bits per heavy atom. The number of benzene rings is 1. The molecule has 0 heterocycles. The number of rotatable bonds is 4. The molecular formula is C15H20N2O3. The molecule has 1 fully saturated rings. The average molecular weight is 276 g/mol. The first-order valence-corrected chi connectivity index (χ1v) is 6.93. The van der Waals surface area contributed by atoms with E-state index < -0.39 is 5.97 Å². The lowest BCUT2D eigenvalue weighted by atomic mass is 9.86. The Morgan fingerprint density at radius 3 is 2.25 bits per heavy atom. The fourth-order valence-electron chi connectivity index (χ4n) is 2.55. The van der Waals surface area contributed by atoms with Gasteiger partial charge in [-0.05, 0) is 43.4 Å². The summed E-state index contributed by atoms with van der Waals surface area (Å²) in [7, 11) is 0. The van der Waals surface area contributed by atoms with Crippen LogP contribution in [0, 0.1) is 5.92 Å². The number of nitrogens with one attached hydrogen (secondary N) is 1. The standard InChI is InChI=1S/C15H20N2O3/c16-9-10-1-3-11(4-2-10)14(18)17-13-7-5-12(6-8-13)15(19)20/h1-4,12-13H,5-9,16H2,(H,17,18)(H,19,20).